The van der Waals surface area contributed by atoms with Gasteiger partial charge in [-0.2, -0.15) is 0 Å². The second-order valence-electron chi connectivity index (χ2n) is 8.73. The van der Waals surface area contributed by atoms with Gasteiger partial charge in [0.25, 0.3) is 11.5 Å². The number of ether oxygens (including phenoxy) is 1. The van der Waals surface area contributed by atoms with Crippen molar-refractivity contribution in [2.24, 2.45) is 0 Å². The van der Waals surface area contributed by atoms with Gasteiger partial charge in [0.1, 0.15) is 5.75 Å². The van der Waals surface area contributed by atoms with E-state index in [1.54, 1.807) is 67.6 Å². The Kier molecular flexibility index (Phi) is 5.57. The van der Waals surface area contributed by atoms with Gasteiger partial charge >= 0.3 is 0 Å². The van der Waals surface area contributed by atoms with Gasteiger partial charge in [-0.1, -0.05) is 12.1 Å². The molecule has 2 aromatic carbocycles. The van der Waals surface area contributed by atoms with Gasteiger partial charge in [-0.3, -0.25) is 14.4 Å². The Morgan fingerprint density at radius 1 is 1.15 bits per heavy atom. The summed E-state index contributed by atoms with van der Waals surface area (Å²) in [6.07, 6.45) is 0.0998. The number of nitrogens with zero attached hydrogens (tertiary/aromatic N) is 4. The Bertz CT molecular complexity index is 1310. The maximum atomic E-state index is 13.0. The molecule has 0 atom stereocenters. The molecule has 0 unspecified atom stereocenters. The summed E-state index contributed by atoms with van der Waals surface area (Å²) in [7, 11) is 5.22. The van der Waals surface area contributed by atoms with Crippen LogP contribution in [0.4, 0.5) is 17.2 Å². The molecule has 0 saturated carbocycles. The molecule has 33 heavy (non-hydrogen) atoms. The first-order chi connectivity index (χ1) is 15.6. The number of likely N-dealkylation sites (N-methyl/N-ethyl adjacent to an activating group) is 1. The first kappa shape index (κ1) is 22.3. The summed E-state index contributed by atoms with van der Waals surface area (Å²) in [4.78, 5) is 45.7. The summed E-state index contributed by atoms with van der Waals surface area (Å²) in [5.41, 5.74) is 1.33. The minimum atomic E-state index is -0.988. The molecule has 0 saturated heterocycles. The van der Waals surface area contributed by atoms with Gasteiger partial charge in [-0.25, -0.2) is 4.98 Å². The highest BCUT2D eigenvalue weighted by Crippen LogP contribution is 2.38. The number of fused-ring (bicyclic) bond motifs is 2. The van der Waals surface area contributed by atoms with E-state index in [0.29, 0.717) is 34.0 Å². The second kappa shape index (κ2) is 8.23. The quantitative estimate of drug-likeness (QED) is 0.643. The molecule has 0 aliphatic carbocycles. The van der Waals surface area contributed by atoms with Gasteiger partial charge in [0, 0.05) is 45.9 Å². The average Bonchev–Trinajstić information content (AvgIpc) is 2.76. The zero-order valence-corrected chi connectivity index (χ0v) is 19.4. The lowest BCUT2D eigenvalue weighted by atomic mass is 10.0. The van der Waals surface area contributed by atoms with Crippen LogP contribution in [0, 0.1) is 0 Å². The van der Waals surface area contributed by atoms with E-state index in [2.05, 4.69) is 10.3 Å². The van der Waals surface area contributed by atoms with Crippen LogP contribution in [-0.2, 0) is 16.1 Å². The lowest BCUT2D eigenvalue weighted by Gasteiger charge is -2.37. The van der Waals surface area contributed by atoms with Gasteiger partial charge < -0.3 is 24.4 Å². The van der Waals surface area contributed by atoms with E-state index in [9.17, 15) is 14.4 Å². The maximum Gasteiger partial charge on any atom is 0.293 e. The molecule has 2 heterocycles. The molecule has 1 aliphatic rings. The van der Waals surface area contributed by atoms with E-state index >= 15 is 0 Å². The summed E-state index contributed by atoms with van der Waals surface area (Å²) >= 11 is 0. The molecule has 9 heteroatoms. The Hall–Kier alpha value is -3.88. The van der Waals surface area contributed by atoms with Crippen molar-refractivity contribution in [2.75, 3.05) is 36.3 Å². The lowest BCUT2D eigenvalue weighted by Crippen LogP contribution is -2.50. The molecule has 0 fully saturated rings. The van der Waals surface area contributed by atoms with E-state index in [1.165, 1.54) is 0 Å². The zero-order valence-electron chi connectivity index (χ0n) is 19.4. The van der Waals surface area contributed by atoms with Crippen molar-refractivity contribution in [3.8, 4) is 5.75 Å². The number of amides is 2. The standard InChI is InChI=1S/C24H27N5O4/c1-24(2)23(32)28(5)18-11-10-15(14-19(18)33-24)25-20(30)12-13-29-17-9-7-6-8-16(17)26-21(22(29)31)27(3)4/h6-11,14H,12-13H2,1-5H3,(H,25,30). The first-order valence-corrected chi connectivity index (χ1v) is 10.7. The number of rotatable bonds is 5. The van der Waals surface area contributed by atoms with Crippen LogP contribution in [0.15, 0.2) is 47.3 Å². The van der Waals surface area contributed by atoms with Gasteiger partial charge in [-0.15, -0.1) is 0 Å². The van der Waals surface area contributed by atoms with Gasteiger partial charge in [-0.05, 0) is 38.1 Å². The third kappa shape index (κ3) is 4.13. The van der Waals surface area contributed by atoms with E-state index in [4.69, 9.17) is 4.74 Å². The average molecular weight is 450 g/mol. The number of aromatic nitrogens is 2. The number of hydrogen-bond acceptors (Lipinski definition) is 6. The van der Waals surface area contributed by atoms with Crippen LogP contribution in [0.2, 0.25) is 0 Å². The number of aryl methyl sites for hydroxylation is 1. The van der Waals surface area contributed by atoms with E-state index in [1.807, 2.05) is 24.3 Å². The molecule has 4 rings (SSSR count). The Morgan fingerprint density at radius 3 is 2.61 bits per heavy atom. The van der Waals surface area contributed by atoms with Crippen LogP contribution >= 0.6 is 0 Å². The van der Waals surface area contributed by atoms with Crippen molar-refractivity contribution in [2.45, 2.75) is 32.4 Å². The molecular weight excluding hydrogens is 422 g/mol. The van der Waals surface area contributed by atoms with Gasteiger partial charge in [0.2, 0.25) is 5.91 Å². The van der Waals surface area contributed by atoms with Crippen LogP contribution in [0.25, 0.3) is 11.0 Å². The fourth-order valence-corrected chi connectivity index (χ4v) is 3.91. The third-order valence-corrected chi connectivity index (χ3v) is 5.61. The molecule has 1 aromatic heterocycles. The van der Waals surface area contributed by atoms with Crippen LogP contribution in [-0.4, -0.2) is 48.1 Å². The minimum absolute atomic E-state index is 0.0998. The number of para-hydroxylation sites is 2. The number of nitrogens with one attached hydrogen (secondary N) is 1. The Balaban J connectivity index is 1.54. The van der Waals surface area contributed by atoms with Crippen molar-refractivity contribution in [3.63, 3.8) is 0 Å². The van der Waals surface area contributed by atoms with Crippen molar-refractivity contribution >= 4 is 40.0 Å². The molecule has 9 nitrogen and oxygen atoms in total. The summed E-state index contributed by atoms with van der Waals surface area (Å²) in [6.45, 7) is 3.62. The summed E-state index contributed by atoms with van der Waals surface area (Å²) in [5, 5.41) is 2.86. The summed E-state index contributed by atoms with van der Waals surface area (Å²) in [5.74, 6) is 0.460. The zero-order chi connectivity index (χ0) is 23.9. The SMILES string of the molecule is CN(C)c1nc2ccccc2n(CCC(=O)Nc2ccc3c(c2)OC(C)(C)C(=O)N3C)c1=O. The fourth-order valence-electron chi connectivity index (χ4n) is 3.91. The monoisotopic (exact) mass is 449 g/mol. The smallest absolute Gasteiger partial charge is 0.293 e. The van der Waals surface area contributed by atoms with Crippen LogP contribution in [0.3, 0.4) is 0 Å². The lowest BCUT2D eigenvalue weighted by molar-refractivity contribution is -0.132. The summed E-state index contributed by atoms with van der Waals surface area (Å²) < 4.78 is 7.43. The van der Waals surface area contributed by atoms with Crippen molar-refractivity contribution < 1.29 is 14.3 Å². The van der Waals surface area contributed by atoms with E-state index < -0.39 is 5.60 Å². The number of benzene rings is 2. The molecule has 1 N–H and O–H groups in total. The molecule has 3 aromatic rings. The van der Waals surface area contributed by atoms with E-state index in [0.717, 1.165) is 0 Å². The predicted molar refractivity (Wildman–Crippen MR) is 128 cm³/mol. The van der Waals surface area contributed by atoms with Crippen LogP contribution in [0.5, 0.6) is 5.75 Å². The highest BCUT2D eigenvalue weighted by molar-refractivity contribution is 6.02. The first-order valence-electron chi connectivity index (χ1n) is 10.7. The van der Waals surface area contributed by atoms with Crippen LogP contribution in [0.1, 0.15) is 20.3 Å². The molecule has 0 bridgehead atoms. The topological polar surface area (TPSA) is 96.8 Å². The molecule has 0 radical (unpaired) electrons. The molecule has 1 aliphatic heterocycles. The highest BCUT2D eigenvalue weighted by atomic mass is 16.5. The van der Waals surface area contributed by atoms with Crippen molar-refractivity contribution in [1.82, 2.24) is 9.55 Å². The van der Waals surface area contributed by atoms with Crippen molar-refractivity contribution in [1.29, 1.82) is 0 Å². The number of carbonyl (C=O) groups is 2. The molecule has 172 valence electrons. The third-order valence-electron chi connectivity index (χ3n) is 5.61. The largest absolute Gasteiger partial charge is 0.476 e. The molecule has 2 amide bonds. The predicted octanol–water partition coefficient (Wildman–Crippen LogP) is 2.63. The molecule has 0 spiro atoms. The highest BCUT2D eigenvalue weighted by Gasteiger charge is 2.39. The minimum Gasteiger partial charge on any atom is -0.476 e. The van der Waals surface area contributed by atoms with Gasteiger partial charge in [0.15, 0.2) is 11.4 Å². The normalized spacial score (nSPS) is 14.6. The van der Waals surface area contributed by atoms with E-state index in [-0.39, 0.29) is 30.3 Å². The number of hydrogen-bond donors (Lipinski definition) is 1. The molecular formula is C24H27N5O4. The Labute approximate surface area is 191 Å². The Morgan fingerprint density at radius 2 is 1.88 bits per heavy atom. The number of carbonyl (C=O) groups excluding carboxylic acids is 2. The van der Waals surface area contributed by atoms with Gasteiger partial charge in [0.05, 0.1) is 16.7 Å². The van der Waals surface area contributed by atoms with Crippen molar-refractivity contribution in [3.05, 3.63) is 52.8 Å². The fraction of sp³-hybridized carbons (Fsp3) is 0.333. The summed E-state index contributed by atoms with van der Waals surface area (Å²) in [6, 6.07) is 12.5. The number of anilines is 3. The maximum absolute atomic E-state index is 13.0. The second-order valence-corrected chi connectivity index (χ2v) is 8.73. The van der Waals surface area contributed by atoms with Crippen LogP contribution < -0.4 is 25.4 Å².